The van der Waals surface area contributed by atoms with Crippen LogP contribution >= 0.6 is 11.5 Å². The largest absolute Gasteiger partial charge is 0.377 e. The van der Waals surface area contributed by atoms with Crippen LogP contribution in [0.1, 0.15) is 57.2 Å². The molecule has 5 nitrogen and oxygen atoms in total. The molecule has 2 aliphatic rings. The van der Waals surface area contributed by atoms with Gasteiger partial charge < -0.3 is 10.1 Å². The van der Waals surface area contributed by atoms with Gasteiger partial charge in [0.1, 0.15) is 6.61 Å². The SMILES string of the molecule is COCc1nsc(NCC2(N3CCCCC3)CCCCC2)n1. The highest BCUT2D eigenvalue weighted by molar-refractivity contribution is 7.09. The first-order chi connectivity index (χ1) is 10.8. The van der Waals surface area contributed by atoms with Gasteiger partial charge in [-0.3, -0.25) is 4.90 Å². The minimum Gasteiger partial charge on any atom is -0.377 e. The van der Waals surface area contributed by atoms with Crippen molar-refractivity contribution in [3.05, 3.63) is 5.82 Å². The molecule has 2 heterocycles. The molecule has 1 aromatic heterocycles. The van der Waals surface area contributed by atoms with Gasteiger partial charge in [-0.2, -0.15) is 4.37 Å². The first kappa shape index (κ1) is 16.1. The molecule has 1 aromatic rings. The molecule has 1 saturated heterocycles. The number of nitrogens with zero attached hydrogens (tertiary/aromatic N) is 3. The van der Waals surface area contributed by atoms with E-state index in [0.717, 1.165) is 17.5 Å². The van der Waals surface area contributed by atoms with E-state index in [1.165, 1.54) is 76.0 Å². The summed E-state index contributed by atoms with van der Waals surface area (Å²) in [6, 6.07) is 0. The Kier molecular flexibility index (Phi) is 5.66. The first-order valence-corrected chi connectivity index (χ1v) is 9.40. The summed E-state index contributed by atoms with van der Waals surface area (Å²) in [5.41, 5.74) is 0.339. The van der Waals surface area contributed by atoms with Gasteiger partial charge in [0.2, 0.25) is 5.13 Å². The number of hydrogen-bond donors (Lipinski definition) is 1. The van der Waals surface area contributed by atoms with E-state index in [1.807, 2.05) is 0 Å². The van der Waals surface area contributed by atoms with Crippen molar-refractivity contribution in [2.45, 2.75) is 63.5 Å². The molecule has 0 bridgehead atoms. The molecule has 0 aromatic carbocycles. The molecule has 3 rings (SSSR count). The van der Waals surface area contributed by atoms with E-state index in [4.69, 9.17) is 4.74 Å². The van der Waals surface area contributed by atoms with Crippen molar-refractivity contribution in [1.29, 1.82) is 0 Å². The Balaban J connectivity index is 1.64. The zero-order valence-electron chi connectivity index (χ0n) is 13.6. The maximum absolute atomic E-state index is 5.10. The minimum atomic E-state index is 0.339. The zero-order valence-corrected chi connectivity index (χ0v) is 14.5. The highest BCUT2D eigenvalue weighted by Crippen LogP contribution is 2.36. The number of piperidine rings is 1. The molecule has 0 spiro atoms. The number of nitrogens with one attached hydrogen (secondary N) is 1. The molecule has 124 valence electrons. The summed E-state index contributed by atoms with van der Waals surface area (Å²) in [7, 11) is 1.68. The van der Waals surface area contributed by atoms with Crippen molar-refractivity contribution < 1.29 is 4.74 Å². The van der Waals surface area contributed by atoms with E-state index in [0.29, 0.717) is 12.1 Å². The van der Waals surface area contributed by atoms with E-state index >= 15 is 0 Å². The number of methoxy groups -OCH3 is 1. The number of aromatic nitrogens is 2. The molecule has 1 N–H and O–H groups in total. The van der Waals surface area contributed by atoms with Gasteiger partial charge >= 0.3 is 0 Å². The van der Waals surface area contributed by atoms with Gasteiger partial charge in [-0.15, -0.1) is 0 Å². The average Bonchev–Trinajstić information content (AvgIpc) is 3.03. The van der Waals surface area contributed by atoms with Gasteiger partial charge in [0.05, 0.1) is 0 Å². The maximum Gasteiger partial charge on any atom is 0.202 e. The number of hydrogen-bond acceptors (Lipinski definition) is 6. The molecule has 22 heavy (non-hydrogen) atoms. The Labute approximate surface area is 137 Å². The van der Waals surface area contributed by atoms with Crippen LogP contribution in [0.3, 0.4) is 0 Å². The van der Waals surface area contributed by atoms with Gasteiger partial charge in [-0.1, -0.05) is 25.7 Å². The summed E-state index contributed by atoms with van der Waals surface area (Å²) in [5, 5.41) is 4.52. The van der Waals surface area contributed by atoms with Crippen LogP contribution in [0.15, 0.2) is 0 Å². The summed E-state index contributed by atoms with van der Waals surface area (Å²) in [4.78, 5) is 7.28. The lowest BCUT2D eigenvalue weighted by Crippen LogP contribution is -2.56. The molecule has 1 aliphatic heterocycles. The van der Waals surface area contributed by atoms with Crippen molar-refractivity contribution in [3.8, 4) is 0 Å². The fraction of sp³-hybridized carbons (Fsp3) is 0.875. The Bertz CT molecular complexity index is 453. The summed E-state index contributed by atoms with van der Waals surface area (Å²) in [6.45, 7) is 4.05. The second-order valence-electron chi connectivity index (χ2n) is 6.64. The van der Waals surface area contributed by atoms with Gasteiger partial charge in [-0.05, 0) is 38.8 Å². The molecular formula is C16H28N4OS. The lowest BCUT2D eigenvalue weighted by atomic mass is 9.79. The third-order valence-electron chi connectivity index (χ3n) is 5.12. The van der Waals surface area contributed by atoms with Gasteiger partial charge in [0.25, 0.3) is 0 Å². The minimum absolute atomic E-state index is 0.339. The smallest absolute Gasteiger partial charge is 0.202 e. The van der Waals surface area contributed by atoms with E-state index < -0.39 is 0 Å². The molecule has 0 radical (unpaired) electrons. The zero-order chi connectivity index (χ0) is 15.3. The Hall–Kier alpha value is -0.720. The fourth-order valence-electron chi connectivity index (χ4n) is 3.94. The first-order valence-electron chi connectivity index (χ1n) is 8.63. The summed E-state index contributed by atoms with van der Waals surface area (Å²) >= 11 is 1.45. The van der Waals surface area contributed by atoms with Crippen molar-refractivity contribution in [1.82, 2.24) is 14.3 Å². The van der Waals surface area contributed by atoms with Crippen LogP contribution in [0, 0.1) is 0 Å². The molecule has 1 aliphatic carbocycles. The average molecular weight is 324 g/mol. The molecular weight excluding hydrogens is 296 g/mol. The van der Waals surface area contributed by atoms with E-state index in [1.54, 1.807) is 7.11 Å². The Morgan fingerprint density at radius 2 is 1.86 bits per heavy atom. The van der Waals surface area contributed by atoms with E-state index in [9.17, 15) is 0 Å². The molecule has 0 unspecified atom stereocenters. The van der Waals surface area contributed by atoms with E-state index in [-0.39, 0.29) is 0 Å². The van der Waals surface area contributed by atoms with Gasteiger partial charge in [0, 0.05) is 30.7 Å². The molecule has 0 atom stereocenters. The number of likely N-dealkylation sites (tertiary alicyclic amines) is 1. The molecule has 2 fully saturated rings. The second kappa shape index (κ2) is 7.70. The Morgan fingerprint density at radius 3 is 2.59 bits per heavy atom. The quantitative estimate of drug-likeness (QED) is 0.870. The maximum atomic E-state index is 5.10. The lowest BCUT2D eigenvalue weighted by molar-refractivity contribution is 0.0437. The third-order valence-corrected chi connectivity index (χ3v) is 5.83. The van der Waals surface area contributed by atoms with Crippen molar-refractivity contribution >= 4 is 16.7 Å². The van der Waals surface area contributed by atoms with Crippen molar-refractivity contribution in [2.75, 3.05) is 32.1 Å². The fourth-order valence-corrected chi connectivity index (χ4v) is 4.50. The summed E-state index contributed by atoms with van der Waals surface area (Å²) < 4.78 is 9.43. The molecule has 1 saturated carbocycles. The van der Waals surface area contributed by atoms with Crippen LogP contribution in [0.5, 0.6) is 0 Å². The number of ether oxygens (including phenoxy) is 1. The second-order valence-corrected chi connectivity index (χ2v) is 7.39. The van der Waals surface area contributed by atoms with Gasteiger partial charge in [-0.25, -0.2) is 4.98 Å². The van der Waals surface area contributed by atoms with Crippen LogP contribution in [0.4, 0.5) is 5.13 Å². The predicted octanol–water partition coefficient (Wildman–Crippen LogP) is 3.29. The Morgan fingerprint density at radius 1 is 1.14 bits per heavy atom. The normalized spacial score (nSPS) is 22.6. The highest BCUT2D eigenvalue weighted by atomic mass is 32.1. The van der Waals surface area contributed by atoms with E-state index in [2.05, 4.69) is 19.6 Å². The van der Waals surface area contributed by atoms with Crippen LogP contribution in [0.25, 0.3) is 0 Å². The lowest BCUT2D eigenvalue weighted by Gasteiger charge is -2.48. The van der Waals surface area contributed by atoms with Crippen LogP contribution in [-0.4, -0.2) is 46.5 Å². The summed E-state index contributed by atoms with van der Waals surface area (Å²) in [6.07, 6.45) is 10.9. The van der Waals surface area contributed by atoms with Crippen molar-refractivity contribution in [3.63, 3.8) is 0 Å². The van der Waals surface area contributed by atoms with Crippen LogP contribution < -0.4 is 5.32 Å². The predicted molar refractivity (Wildman–Crippen MR) is 90.4 cm³/mol. The monoisotopic (exact) mass is 324 g/mol. The van der Waals surface area contributed by atoms with Crippen molar-refractivity contribution in [2.24, 2.45) is 0 Å². The number of rotatable bonds is 6. The molecule has 0 amide bonds. The van der Waals surface area contributed by atoms with Crippen LogP contribution in [0.2, 0.25) is 0 Å². The molecule has 6 heteroatoms. The third kappa shape index (κ3) is 3.78. The topological polar surface area (TPSA) is 50.3 Å². The summed E-state index contributed by atoms with van der Waals surface area (Å²) in [5.74, 6) is 0.783. The highest BCUT2D eigenvalue weighted by Gasteiger charge is 2.38. The van der Waals surface area contributed by atoms with Gasteiger partial charge in [0.15, 0.2) is 5.82 Å². The standard InChI is InChI=1S/C16H28N4OS/c1-21-12-14-18-15(22-19-14)17-13-16(8-4-2-5-9-16)20-10-6-3-7-11-20/h2-13H2,1H3,(H,17,18,19). The number of anilines is 1. The van der Waals surface area contributed by atoms with Crippen LogP contribution in [-0.2, 0) is 11.3 Å².